The summed E-state index contributed by atoms with van der Waals surface area (Å²) in [6, 6.07) is 17.3. The van der Waals surface area contributed by atoms with E-state index in [2.05, 4.69) is 70.2 Å². The topological polar surface area (TPSA) is 36.0 Å². The van der Waals surface area contributed by atoms with Crippen molar-refractivity contribution in [3.63, 3.8) is 0 Å². The monoisotopic (exact) mass is 475 g/mol. The van der Waals surface area contributed by atoms with Gasteiger partial charge in [-0.25, -0.2) is 0 Å². The molecule has 2 aromatic rings. The molecule has 0 aromatic heterocycles. The highest BCUT2D eigenvalue weighted by Gasteiger charge is 2.36. The van der Waals surface area contributed by atoms with Gasteiger partial charge in [-0.15, -0.1) is 0 Å². The molecule has 3 aliphatic rings. The Morgan fingerprint density at radius 1 is 0.886 bits per heavy atom. The SMILES string of the molecule is CCCOc1ccccc1N1CCN(CC2CCc3ccccc3N2C(=O)C2CCCCC2)CC1. The van der Waals surface area contributed by atoms with Crippen molar-refractivity contribution in [1.82, 2.24) is 4.90 Å². The van der Waals surface area contributed by atoms with Crippen molar-refractivity contribution < 1.29 is 9.53 Å². The highest BCUT2D eigenvalue weighted by atomic mass is 16.5. The van der Waals surface area contributed by atoms with Crippen LogP contribution in [0.3, 0.4) is 0 Å². The van der Waals surface area contributed by atoms with Gasteiger partial charge in [0, 0.05) is 50.4 Å². The fourth-order valence-corrected chi connectivity index (χ4v) is 6.14. The fourth-order valence-electron chi connectivity index (χ4n) is 6.14. The molecular formula is C30H41N3O2. The standard InChI is InChI=1S/C30H41N3O2/c1-2-22-35-29-15-9-8-14-28(29)32-20-18-31(19-21-32)23-26-17-16-24-10-6-7-13-27(24)33(26)30(34)25-11-4-3-5-12-25/h6-10,13-15,25-26H,2-5,11-12,16-23H2,1H3. The molecule has 5 nitrogen and oxygen atoms in total. The predicted molar refractivity (Wildman–Crippen MR) is 143 cm³/mol. The Kier molecular flexibility index (Phi) is 7.92. The normalized spacial score (nSPS) is 21.6. The number of amides is 1. The van der Waals surface area contributed by atoms with Crippen molar-refractivity contribution in [2.75, 3.05) is 49.1 Å². The van der Waals surface area contributed by atoms with Crippen LogP contribution >= 0.6 is 0 Å². The smallest absolute Gasteiger partial charge is 0.230 e. The first kappa shape index (κ1) is 24.2. The molecule has 35 heavy (non-hydrogen) atoms. The molecule has 2 heterocycles. The summed E-state index contributed by atoms with van der Waals surface area (Å²) < 4.78 is 6.02. The van der Waals surface area contributed by atoms with Crippen molar-refractivity contribution in [2.24, 2.45) is 5.92 Å². The molecule has 0 spiro atoms. The van der Waals surface area contributed by atoms with Crippen LogP contribution in [-0.4, -0.2) is 56.2 Å². The fraction of sp³-hybridized carbons (Fsp3) is 0.567. The summed E-state index contributed by atoms with van der Waals surface area (Å²) in [5.41, 5.74) is 3.71. The number of carbonyl (C=O) groups excluding carboxylic acids is 1. The summed E-state index contributed by atoms with van der Waals surface area (Å²) in [4.78, 5) is 21.1. The van der Waals surface area contributed by atoms with Gasteiger partial charge in [-0.2, -0.15) is 0 Å². The lowest BCUT2D eigenvalue weighted by atomic mass is 9.86. The first-order chi connectivity index (χ1) is 17.2. The number of fused-ring (bicyclic) bond motifs is 1. The number of rotatable bonds is 7. The zero-order valence-electron chi connectivity index (χ0n) is 21.3. The third-order valence-corrected chi connectivity index (χ3v) is 8.06. The van der Waals surface area contributed by atoms with Crippen LogP contribution in [0.15, 0.2) is 48.5 Å². The van der Waals surface area contributed by atoms with Crippen LogP contribution in [0.1, 0.15) is 57.4 Å². The van der Waals surface area contributed by atoms with E-state index in [1.807, 2.05) is 0 Å². The van der Waals surface area contributed by atoms with Gasteiger partial charge in [0.2, 0.25) is 5.91 Å². The molecule has 1 saturated heterocycles. The van der Waals surface area contributed by atoms with Crippen LogP contribution < -0.4 is 14.5 Å². The highest BCUT2D eigenvalue weighted by Crippen LogP contribution is 2.35. The van der Waals surface area contributed by atoms with Crippen LogP contribution in [0.2, 0.25) is 0 Å². The van der Waals surface area contributed by atoms with E-state index in [0.717, 1.165) is 77.2 Å². The number of hydrogen-bond acceptors (Lipinski definition) is 4. The molecule has 1 unspecified atom stereocenters. The van der Waals surface area contributed by atoms with Crippen LogP contribution in [0.5, 0.6) is 5.75 Å². The average molecular weight is 476 g/mol. The Balaban J connectivity index is 1.26. The number of piperazine rings is 1. The summed E-state index contributed by atoms with van der Waals surface area (Å²) in [5.74, 6) is 1.58. The first-order valence-electron chi connectivity index (χ1n) is 13.8. The largest absolute Gasteiger partial charge is 0.491 e. The summed E-state index contributed by atoms with van der Waals surface area (Å²) in [7, 11) is 0. The lowest BCUT2D eigenvalue weighted by Crippen LogP contribution is -2.55. The lowest BCUT2D eigenvalue weighted by Gasteiger charge is -2.44. The Labute approximate surface area is 211 Å². The summed E-state index contributed by atoms with van der Waals surface area (Å²) in [6.45, 7) is 7.89. The number of ether oxygens (including phenoxy) is 1. The Bertz CT molecular complexity index is 979. The summed E-state index contributed by atoms with van der Waals surface area (Å²) in [5, 5.41) is 0. The first-order valence-corrected chi connectivity index (χ1v) is 13.8. The van der Waals surface area contributed by atoms with Gasteiger partial charge in [-0.3, -0.25) is 9.69 Å². The molecule has 0 bridgehead atoms. The number of carbonyl (C=O) groups is 1. The zero-order chi connectivity index (χ0) is 24.0. The van der Waals surface area contributed by atoms with E-state index in [1.54, 1.807) is 0 Å². The third kappa shape index (κ3) is 5.50. The van der Waals surface area contributed by atoms with E-state index in [1.165, 1.54) is 36.2 Å². The molecule has 1 aliphatic carbocycles. The molecule has 5 rings (SSSR count). The Hall–Kier alpha value is -2.53. The Morgan fingerprint density at radius 3 is 2.37 bits per heavy atom. The maximum atomic E-state index is 13.8. The van der Waals surface area contributed by atoms with Gasteiger partial charge in [-0.05, 0) is 55.9 Å². The number of aryl methyl sites for hydroxylation is 1. The number of para-hydroxylation sites is 3. The third-order valence-electron chi connectivity index (χ3n) is 8.06. The van der Waals surface area contributed by atoms with Gasteiger partial charge in [0.25, 0.3) is 0 Å². The molecule has 188 valence electrons. The zero-order valence-corrected chi connectivity index (χ0v) is 21.3. The molecule has 0 radical (unpaired) electrons. The van der Waals surface area contributed by atoms with Crippen LogP contribution in [-0.2, 0) is 11.2 Å². The van der Waals surface area contributed by atoms with Gasteiger partial charge in [0.15, 0.2) is 0 Å². The molecule has 2 aliphatic heterocycles. The van der Waals surface area contributed by atoms with Gasteiger partial charge >= 0.3 is 0 Å². The highest BCUT2D eigenvalue weighted by molar-refractivity contribution is 5.97. The van der Waals surface area contributed by atoms with Gasteiger partial charge < -0.3 is 14.5 Å². The quantitative estimate of drug-likeness (QED) is 0.528. The molecule has 1 amide bonds. The second-order valence-electron chi connectivity index (χ2n) is 10.5. The van der Waals surface area contributed by atoms with E-state index >= 15 is 0 Å². The van der Waals surface area contributed by atoms with E-state index in [-0.39, 0.29) is 12.0 Å². The minimum Gasteiger partial charge on any atom is -0.491 e. The minimum atomic E-state index is 0.203. The molecule has 0 N–H and O–H groups in total. The van der Waals surface area contributed by atoms with E-state index in [4.69, 9.17) is 4.74 Å². The van der Waals surface area contributed by atoms with Crippen LogP contribution in [0.25, 0.3) is 0 Å². The number of nitrogens with zero attached hydrogens (tertiary/aromatic N) is 3. The number of benzene rings is 2. The molecule has 1 atom stereocenters. The van der Waals surface area contributed by atoms with E-state index in [9.17, 15) is 4.79 Å². The molecular weight excluding hydrogens is 434 g/mol. The average Bonchev–Trinajstić information content (AvgIpc) is 2.92. The maximum Gasteiger partial charge on any atom is 0.230 e. The van der Waals surface area contributed by atoms with Crippen LogP contribution in [0, 0.1) is 5.92 Å². The van der Waals surface area contributed by atoms with Gasteiger partial charge in [0.05, 0.1) is 12.3 Å². The van der Waals surface area contributed by atoms with Gasteiger partial charge in [-0.1, -0.05) is 56.5 Å². The molecule has 5 heteroatoms. The van der Waals surface area contributed by atoms with Crippen LogP contribution in [0.4, 0.5) is 11.4 Å². The molecule has 2 aromatic carbocycles. The van der Waals surface area contributed by atoms with E-state index in [0.29, 0.717) is 5.91 Å². The number of hydrogen-bond donors (Lipinski definition) is 0. The van der Waals surface area contributed by atoms with Crippen molar-refractivity contribution in [3.8, 4) is 5.75 Å². The van der Waals surface area contributed by atoms with E-state index < -0.39 is 0 Å². The van der Waals surface area contributed by atoms with Crippen molar-refractivity contribution in [3.05, 3.63) is 54.1 Å². The van der Waals surface area contributed by atoms with Crippen molar-refractivity contribution in [1.29, 1.82) is 0 Å². The summed E-state index contributed by atoms with van der Waals surface area (Å²) >= 11 is 0. The molecule has 1 saturated carbocycles. The predicted octanol–water partition coefficient (Wildman–Crippen LogP) is 5.53. The summed E-state index contributed by atoms with van der Waals surface area (Å²) in [6.07, 6.45) is 8.93. The minimum absolute atomic E-state index is 0.203. The second-order valence-corrected chi connectivity index (χ2v) is 10.5. The van der Waals surface area contributed by atoms with Crippen molar-refractivity contribution >= 4 is 17.3 Å². The second kappa shape index (κ2) is 11.5. The molecule has 2 fully saturated rings. The maximum absolute atomic E-state index is 13.8. The van der Waals surface area contributed by atoms with Crippen molar-refractivity contribution in [2.45, 2.75) is 64.3 Å². The number of anilines is 2. The Morgan fingerprint density at radius 2 is 1.60 bits per heavy atom. The lowest BCUT2D eigenvalue weighted by molar-refractivity contribution is -0.124. The van der Waals surface area contributed by atoms with Gasteiger partial charge in [0.1, 0.15) is 5.75 Å².